The average molecular weight is 364 g/mol. The molecule has 0 aliphatic carbocycles. The Labute approximate surface area is 160 Å². The molecule has 0 saturated carbocycles. The van der Waals surface area contributed by atoms with E-state index in [0.29, 0.717) is 12.5 Å². The lowest BCUT2D eigenvalue weighted by molar-refractivity contribution is 0.0699. The number of hydrogen-bond acceptors (Lipinski definition) is 3. The number of anilines is 1. The van der Waals surface area contributed by atoms with E-state index in [-0.39, 0.29) is 0 Å². The summed E-state index contributed by atoms with van der Waals surface area (Å²) in [7, 11) is 0. The van der Waals surface area contributed by atoms with Crippen molar-refractivity contribution in [3.05, 3.63) is 54.1 Å². The highest BCUT2D eigenvalue weighted by atomic mass is 16.5. The van der Waals surface area contributed by atoms with Crippen LogP contribution < -0.4 is 5.32 Å². The van der Waals surface area contributed by atoms with Gasteiger partial charge >= 0.3 is 0 Å². The Hall–Kier alpha value is -2.30. The van der Waals surface area contributed by atoms with Gasteiger partial charge in [0.15, 0.2) is 0 Å². The molecule has 0 spiro atoms. The molecule has 1 aromatic heterocycles. The summed E-state index contributed by atoms with van der Waals surface area (Å²) in [6.45, 7) is 6.15. The van der Waals surface area contributed by atoms with Gasteiger partial charge in [-0.2, -0.15) is 0 Å². The Bertz CT molecular complexity index is 867. The maximum absolute atomic E-state index is 5.65. The highest BCUT2D eigenvalue weighted by Crippen LogP contribution is 2.31. The molecule has 3 aromatic rings. The van der Waals surface area contributed by atoms with E-state index in [9.17, 15) is 0 Å². The zero-order valence-corrected chi connectivity index (χ0v) is 16.0. The summed E-state index contributed by atoms with van der Waals surface area (Å²) in [6.07, 6.45) is 2.27. The third kappa shape index (κ3) is 4.34. The first-order chi connectivity index (χ1) is 13.3. The Morgan fingerprint density at radius 3 is 2.70 bits per heavy atom. The predicted octanol–water partition coefficient (Wildman–Crippen LogP) is 5.21. The fourth-order valence-corrected chi connectivity index (χ4v) is 3.73. The van der Waals surface area contributed by atoms with Crippen LogP contribution in [0.2, 0.25) is 0 Å². The number of aromatic nitrogens is 1. The SMILES string of the molecule is CCOCc1cc(NCC2CCOCC2)c2[nH]c(-c3ccccc3)cc2c1. The molecule has 2 N–H and O–H groups in total. The van der Waals surface area contributed by atoms with E-state index in [1.54, 1.807) is 0 Å². The molecule has 4 nitrogen and oxygen atoms in total. The molecule has 0 unspecified atom stereocenters. The molecule has 142 valence electrons. The topological polar surface area (TPSA) is 46.3 Å². The van der Waals surface area contributed by atoms with Crippen LogP contribution >= 0.6 is 0 Å². The minimum atomic E-state index is 0.643. The third-order valence-electron chi connectivity index (χ3n) is 5.27. The molecule has 0 bridgehead atoms. The summed E-state index contributed by atoms with van der Waals surface area (Å²) in [4.78, 5) is 3.62. The van der Waals surface area contributed by atoms with Crippen LogP contribution in [0.3, 0.4) is 0 Å². The van der Waals surface area contributed by atoms with E-state index in [0.717, 1.165) is 50.6 Å². The van der Waals surface area contributed by atoms with E-state index in [2.05, 4.69) is 52.8 Å². The van der Waals surface area contributed by atoms with Gasteiger partial charge in [0.05, 0.1) is 17.8 Å². The molecule has 0 atom stereocenters. The van der Waals surface area contributed by atoms with Gasteiger partial charge in [-0.05, 0) is 55.0 Å². The molecule has 27 heavy (non-hydrogen) atoms. The number of benzene rings is 2. The largest absolute Gasteiger partial charge is 0.383 e. The van der Waals surface area contributed by atoms with Crippen LogP contribution in [0.5, 0.6) is 0 Å². The minimum Gasteiger partial charge on any atom is -0.383 e. The minimum absolute atomic E-state index is 0.643. The Balaban J connectivity index is 1.64. The van der Waals surface area contributed by atoms with E-state index in [1.807, 2.05) is 13.0 Å². The van der Waals surface area contributed by atoms with Crippen LogP contribution in [-0.2, 0) is 16.1 Å². The van der Waals surface area contributed by atoms with Crippen molar-refractivity contribution in [2.24, 2.45) is 5.92 Å². The van der Waals surface area contributed by atoms with Crippen LogP contribution in [0.15, 0.2) is 48.5 Å². The van der Waals surface area contributed by atoms with Crippen molar-refractivity contribution in [2.45, 2.75) is 26.4 Å². The van der Waals surface area contributed by atoms with Crippen molar-refractivity contribution >= 4 is 16.6 Å². The predicted molar refractivity (Wildman–Crippen MR) is 111 cm³/mol. The van der Waals surface area contributed by atoms with Gasteiger partial charge in [0, 0.05) is 37.4 Å². The third-order valence-corrected chi connectivity index (χ3v) is 5.27. The highest BCUT2D eigenvalue weighted by Gasteiger charge is 2.15. The zero-order chi connectivity index (χ0) is 18.5. The summed E-state index contributed by atoms with van der Waals surface area (Å²) in [6, 6.07) is 17.2. The lowest BCUT2D eigenvalue weighted by Gasteiger charge is -2.23. The van der Waals surface area contributed by atoms with Crippen LogP contribution in [0.4, 0.5) is 5.69 Å². The summed E-state index contributed by atoms with van der Waals surface area (Å²) in [5.74, 6) is 0.674. The van der Waals surface area contributed by atoms with Gasteiger partial charge in [0.25, 0.3) is 0 Å². The zero-order valence-electron chi connectivity index (χ0n) is 16.0. The summed E-state index contributed by atoms with van der Waals surface area (Å²) in [5.41, 5.74) is 5.89. The van der Waals surface area contributed by atoms with Crippen molar-refractivity contribution < 1.29 is 9.47 Å². The van der Waals surface area contributed by atoms with Gasteiger partial charge in [-0.1, -0.05) is 30.3 Å². The second-order valence-electron chi connectivity index (χ2n) is 7.23. The van der Waals surface area contributed by atoms with Gasteiger partial charge in [-0.25, -0.2) is 0 Å². The molecule has 4 rings (SSSR count). The lowest BCUT2D eigenvalue weighted by Crippen LogP contribution is -2.22. The fraction of sp³-hybridized carbons (Fsp3) is 0.391. The second kappa shape index (κ2) is 8.59. The van der Waals surface area contributed by atoms with E-state index in [1.165, 1.54) is 22.0 Å². The molecule has 0 amide bonds. The quantitative estimate of drug-likeness (QED) is 0.605. The Morgan fingerprint density at radius 2 is 1.93 bits per heavy atom. The van der Waals surface area contributed by atoms with Crippen LogP contribution in [0.25, 0.3) is 22.2 Å². The van der Waals surface area contributed by atoms with Gasteiger partial charge in [0.1, 0.15) is 0 Å². The second-order valence-corrected chi connectivity index (χ2v) is 7.23. The van der Waals surface area contributed by atoms with Crippen molar-refractivity contribution in [2.75, 3.05) is 31.7 Å². The summed E-state index contributed by atoms with van der Waals surface area (Å²) < 4.78 is 11.1. The number of nitrogens with one attached hydrogen (secondary N) is 2. The van der Waals surface area contributed by atoms with Crippen LogP contribution in [-0.4, -0.2) is 31.3 Å². The lowest BCUT2D eigenvalue weighted by atomic mass is 10.00. The first-order valence-corrected chi connectivity index (χ1v) is 9.94. The van der Waals surface area contributed by atoms with Crippen LogP contribution in [0.1, 0.15) is 25.3 Å². The summed E-state index contributed by atoms with van der Waals surface area (Å²) >= 11 is 0. The van der Waals surface area contributed by atoms with E-state index in [4.69, 9.17) is 9.47 Å². The molecule has 1 fully saturated rings. The Morgan fingerprint density at radius 1 is 1.11 bits per heavy atom. The molecular weight excluding hydrogens is 336 g/mol. The number of aromatic amines is 1. The Kier molecular flexibility index (Phi) is 5.75. The number of hydrogen-bond donors (Lipinski definition) is 2. The van der Waals surface area contributed by atoms with E-state index < -0.39 is 0 Å². The molecule has 2 heterocycles. The summed E-state index contributed by atoms with van der Waals surface area (Å²) in [5, 5.41) is 4.92. The monoisotopic (exact) mass is 364 g/mol. The fourth-order valence-electron chi connectivity index (χ4n) is 3.73. The number of H-pyrrole nitrogens is 1. The van der Waals surface area contributed by atoms with Gasteiger partial charge in [-0.3, -0.25) is 0 Å². The normalized spacial score (nSPS) is 15.3. The standard InChI is InChI=1S/C23H28N2O2/c1-2-26-16-18-12-20-14-21(19-6-4-3-5-7-19)25-23(20)22(13-18)24-15-17-8-10-27-11-9-17/h3-7,12-14,17,24-25H,2,8-11,15-16H2,1H3. The van der Waals surface area contributed by atoms with Gasteiger partial charge in [-0.15, -0.1) is 0 Å². The average Bonchev–Trinajstić information content (AvgIpc) is 3.16. The van der Waals surface area contributed by atoms with Crippen molar-refractivity contribution in [1.82, 2.24) is 4.98 Å². The first kappa shape index (κ1) is 18.1. The highest BCUT2D eigenvalue weighted by molar-refractivity contribution is 5.95. The van der Waals surface area contributed by atoms with Gasteiger partial charge < -0.3 is 19.8 Å². The molecule has 4 heteroatoms. The van der Waals surface area contributed by atoms with Gasteiger partial charge in [0.2, 0.25) is 0 Å². The maximum atomic E-state index is 5.65. The van der Waals surface area contributed by atoms with Crippen LogP contribution in [0, 0.1) is 5.92 Å². The smallest absolute Gasteiger partial charge is 0.0717 e. The number of ether oxygens (including phenoxy) is 2. The molecule has 1 aliphatic rings. The van der Waals surface area contributed by atoms with Crippen molar-refractivity contribution in [1.29, 1.82) is 0 Å². The molecule has 0 radical (unpaired) electrons. The molecule has 1 saturated heterocycles. The van der Waals surface area contributed by atoms with Crippen molar-refractivity contribution in [3.8, 4) is 11.3 Å². The first-order valence-electron chi connectivity index (χ1n) is 9.94. The molecule has 1 aliphatic heterocycles. The molecular formula is C23H28N2O2. The molecule has 2 aromatic carbocycles. The number of fused-ring (bicyclic) bond motifs is 1. The number of rotatable bonds is 7. The maximum Gasteiger partial charge on any atom is 0.0717 e. The van der Waals surface area contributed by atoms with E-state index >= 15 is 0 Å². The van der Waals surface area contributed by atoms with Crippen molar-refractivity contribution in [3.63, 3.8) is 0 Å².